The van der Waals surface area contributed by atoms with Gasteiger partial charge in [0.15, 0.2) is 0 Å². The van der Waals surface area contributed by atoms with Crippen molar-refractivity contribution in [3.63, 3.8) is 0 Å². The lowest BCUT2D eigenvalue weighted by Crippen LogP contribution is -2.42. The number of thiophene rings is 1. The Balaban J connectivity index is 1.57. The average Bonchev–Trinajstić information content (AvgIpc) is 3.09. The van der Waals surface area contributed by atoms with Gasteiger partial charge in [0, 0.05) is 23.2 Å². The predicted molar refractivity (Wildman–Crippen MR) is 94.8 cm³/mol. The Kier molecular flexibility index (Phi) is 5.62. The number of rotatable bonds is 5. The number of nitrogens with two attached hydrogens (primary N) is 1. The van der Waals surface area contributed by atoms with E-state index in [1.165, 1.54) is 16.2 Å². The highest BCUT2D eigenvalue weighted by Gasteiger charge is 2.28. The number of carbonyl (C=O) groups is 2. The monoisotopic (exact) mass is 359 g/mol. The van der Waals surface area contributed by atoms with E-state index < -0.39 is 6.03 Å². The topological polar surface area (TPSA) is 97.5 Å². The summed E-state index contributed by atoms with van der Waals surface area (Å²) < 4.78 is 5.40. The van der Waals surface area contributed by atoms with Gasteiger partial charge < -0.3 is 20.7 Å². The van der Waals surface area contributed by atoms with E-state index in [1.807, 2.05) is 30.3 Å². The van der Waals surface area contributed by atoms with Gasteiger partial charge in [-0.05, 0) is 30.7 Å². The number of morpholine rings is 1. The van der Waals surface area contributed by atoms with Crippen molar-refractivity contribution >= 4 is 28.3 Å². The van der Waals surface area contributed by atoms with E-state index in [2.05, 4.69) is 10.3 Å². The minimum atomic E-state index is -0.511. The average molecular weight is 359 g/mol. The first-order valence-electron chi connectivity index (χ1n) is 7.92. The molecule has 3 heterocycles. The molecule has 1 saturated heterocycles. The number of pyridine rings is 1. The maximum absolute atomic E-state index is 12.1. The van der Waals surface area contributed by atoms with Gasteiger partial charge >= 0.3 is 6.03 Å². The van der Waals surface area contributed by atoms with Crippen molar-refractivity contribution < 1.29 is 14.3 Å². The van der Waals surface area contributed by atoms with E-state index in [0.29, 0.717) is 26.1 Å². The number of nitrogens with zero attached hydrogens (tertiary/aromatic N) is 2. The van der Waals surface area contributed by atoms with E-state index in [1.54, 1.807) is 12.7 Å². The quantitative estimate of drug-likeness (QED) is 0.856. The van der Waals surface area contributed by atoms with Gasteiger partial charge in [0.1, 0.15) is 0 Å². The van der Waals surface area contributed by atoms with Crippen LogP contribution in [0.25, 0.3) is 0 Å². The summed E-state index contributed by atoms with van der Waals surface area (Å²) in [7, 11) is 0. The lowest BCUT2D eigenvalue weighted by atomic mass is 10.2. The highest BCUT2D eigenvalue weighted by Crippen LogP contribution is 2.33. The van der Waals surface area contributed by atoms with Crippen LogP contribution in [0.2, 0.25) is 0 Å². The van der Waals surface area contributed by atoms with Gasteiger partial charge in [-0.2, -0.15) is 0 Å². The summed E-state index contributed by atoms with van der Waals surface area (Å²) in [6, 6.07) is 8.58. The second-order valence-corrected chi connectivity index (χ2v) is 6.67. The number of amides is 3. The number of aryl methyl sites for hydroxylation is 1. The standard InChI is InChI=1S/C17H19N4O3S/c18-17(23)21-9-10-24-11-13(21)14-5-7-16(25-14)20-15(22)6-4-12-3-1-2-8-19-12/h1-3,5,7-9,13H,4,6,10-11H2,(H2,18,23)(H,20,22). The van der Waals surface area contributed by atoms with Crippen LogP contribution in [0.15, 0.2) is 36.5 Å². The largest absolute Gasteiger partial charge is 0.377 e. The van der Waals surface area contributed by atoms with Gasteiger partial charge in [-0.15, -0.1) is 11.3 Å². The Hall–Kier alpha value is -2.45. The molecule has 2 aromatic rings. The summed E-state index contributed by atoms with van der Waals surface area (Å²) >= 11 is 1.41. The number of hydrogen-bond donors (Lipinski definition) is 2. The summed E-state index contributed by atoms with van der Waals surface area (Å²) in [5, 5.41) is 3.61. The lowest BCUT2D eigenvalue weighted by molar-refractivity contribution is -0.116. The molecule has 0 aliphatic carbocycles. The smallest absolute Gasteiger partial charge is 0.315 e. The molecule has 0 bridgehead atoms. The molecular weight excluding hydrogens is 340 g/mol. The van der Waals surface area contributed by atoms with Gasteiger partial charge in [0.25, 0.3) is 0 Å². The molecule has 0 aromatic carbocycles. The normalized spacial score (nSPS) is 17.3. The third kappa shape index (κ3) is 4.55. The van der Waals surface area contributed by atoms with Crippen LogP contribution in [0.3, 0.4) is 0 Å². The Morgan fingerprint density at radius 2 is 2.24 bits per heavy atom. The summed E-state index contributed by atoms with van der Waals surface area (Å²) in [6.07, 6.45) is 2.66. The molecule has 131 valence electrons. The molecule has 1 aliphatic heterocycles. The van der Waals surface area contributed by atoms with Crippen LogP contribution in [0.4, 0.5) is 9.80 Å². The van der Waals surface area contributed by atoms with Crippen molar-refractivity contribution in [2.45, 2.75) is 18.9 Å². The molecule has 3 amide bonds. The molecule has 1 aliphatic rings. The molecule has 1 fully saturated rings. The molecule has 25 heavy (non-hydrogen) atoms. The van der Waals surface area contributed by atoms with Crippen LogP contribution >= 0.6 is 11.3 Å². The lowest BCUT2D eigenvalue weighted by Gasteiger charge is -2.33. The van der Waals surface area contributed by atoms with Gasteiger partial charge in [-0.25, -0.2) is 4.79 Å². The Morgan fingerprint density at radius 1 is 1.36 bits per heavy atom. The number of hydrogen-bond acceptors (Lipinski definition) is 5. The molecule has 0 spiro atoms. The fourth-order valence-electron chi connectivity index (χ4n) is 2.57. The minimum absolute atomic E-state index is 0.0720. The number of aromatic nitrogens is 1. The van der Waals surface area contributed by atoms with E-state index in [4.69, 9.17) is 10.5 Å². The molecule has 7 nitrogen and oxygen atoms in total. The van der Waals surface area contributed by atoms with Gasteiger partial charge in [0.2, 0.25) is 5.91 Å². The molecule has 1 radical (unpaired) electrons. The Labute approximate surface area is 149 Å². The van der Waals surface area contributed by atoms with Gasteiger partial charge in [-0.3, -0.25) is 9.78 Å². The van der Waals surface area contributed by atoms with E-state index in [-0.39, 0.29) is 11.9 Å². The maximum Gasteiger partial charge on any atom is 0.315 e. The molecule has 3 N–H and O–H groups in total. The second kappa shape index (κ2) is 8.09. The minimum Gasteiger partial charge on any atom is -0.377 e. The molecule has 1 atom stereocenters. The Morgan fingerprint density at radius 3 is 3.00 bits per heavy atom. The number of nitrogens with one attached hydrogen (secondary N) is 1. The van der Waals surface area contributed by atoms with Crippen LogP contribution in [-0.4, -0.2) is 35.0 Å². The summed E-state index contributed by atoms with van der Waals surface area (Å²) in [5.41, 5.74) is 6.29. The zero-order valence-corrected chi connectivity index (χ0v) is 14.4. The van der Waals surface area contributed by atoms with Crippen LogP contribution in [-0.2, 0) is 16.0 Å². The van der Waals surface area contributed by atoms with Crippen LogP contribution < -0.4 is 11.1 Å². The number of carbonyl (C=O) groups excluding carboxylic acids is 2. The van der Waals surface area contributed by atoms with E-state index in [0.717, 1.165) is 15.6 Å². The third-order valence-corrected chi connectivity index (χ3v) is 4.91. The zero-order chi connectivity index (χ0) is 17.6. The van der Waals surface area contributed by atoms with E-state index >= 15 is 0 Å². The molecule has 3 rings (SSSR count). The molecule has 8 heteroatoms. The van der Waals surface area contributed by atoms with E-state index in [9.17, 15) is 9.59 Å². The van der Waals surface area contributed by atoms with Crippen molar-refractivity contribution in [1.82, 2.24) is 9.88 Å². The molecule has 0 saturated carbocycles. The molecule has 2 aromatic heterocycles. The first kappa shape index (κ1) is 17.4. The number of anilines is 1. The van der Waals surface area contributed by atoms with Crippen LogP contribution in [0.1, 0.15) is 23.0 Å². The van der Waals surface area contributed by atoms with Crippen molar-refractivity contribution in [3.05, 3.63) is 53.6 Å². The zero-order valence-electron chi connectivity index (χ0n) is 13.6. The number of ether oxygens (including phenoxy) is 1. The van der Waals surface area contributed by atoms with Crippen molar-refractivity contribution in [3.8, 4) is 0 Å². The van der Waals surface area contributed by atoms with Crippen molar-refractivity contribution in [1.29, 1.82) is 0 Å². The van der Waals surface area contributed by atoms with Gasteiger partial charge in [0.05, 0.1) is 30.8 Å². The number of urea groups is 1. The van der Waals surface area contributed by atoms with Crippen molar-refractivity contribution in [2.75, 3.05) is 18.5 Å². The second-order valence-electron chi connectivity index (χ2n) is 5.55. The highest BCUT2D eigenvalue weighted by atomic mass is 32.1. The third-order valence-electron chi connectivity index (χ3n) is 3.81. The summed E-state index contributed by atoms with van der Waals surface area (Å²) in [6.45, 7) is 2.39. The highest BCUT2D eigenvalue weighted by molar-refractivity contribution is 7.16. The van der Waals surface area contributed by atoms with Crippen molar-refractivity contribution in [2.24, 2.45) is 5.73 Å². The first-order valence-corrected chi connectivity index (χ1v) is 8.73. The molecule has 1 unspecified atom stereocenters. The predicted octanol–water partition coefficient (Wildman–Crippen LogP) is 2.33. The summed E-state index contributed by atoms with van der Waals surface area (Å²) in [4.78, 5) is 30.2. The van der Waals surface area contributed by atoms with Crippen LogP contribution in [0, 0.1) is 6.54 Å². The Bertz CT molecular complexity index is 735. The number of primary amides is 1. The fourth-order valence-corrected chi connectivity index (χ4v) is 3.58. The molecular formula is C17H19N4O3S. The fraction of sp³-hybridized carbons (Fsp3) is 0.294. The maximum atomic E-state index is 12.1. The summed E-state index contributed by atoms with van der Waals surface area (Å²) in [5.74, 6) is -0.0720. The SMILES string of the molecule is NC(=O)N1[CH]COCC1c1ccc(NC(=O)CCc2ccccn2)s1. The first-order chi connectivity index (χ1) is 12.1. The van der Waals surface area contributed by atoms with Gasteiger partial charge in [-0.1, -0.05) is 6.07 Å². The van der Waals surface area contributed by atoms with Crippen LogP contribution in [0.5, 0.6) is 0 Å².